The Morgan fingerprint density at radius 2 is 2.40 bits per heavy atom. The van der Waals surface area contributed by atoms with Gasteiger partial charge in [-0.05, 0) is 34.2 Å². The Morgan fingerprint density at radius 1 is 1.60 bits per heavy atom. The largest absolute Gasteiger partial charge is 0.250 e. The molecule has 0 spiro atoms. The molecule has 0 aromatic carbocycles. The highest BCUT2D eigenvalue weighted by Gasteiger charge is 1.90. The van der Waals surface area contributed by atoms with Crippen LogP contribution in [-0.2, 0) is 6.42 Å². The normalized spacial score (nSPS) is 8.80. The molecule has 0 amide bonds. The quantitative estimate of drug-likeness (QED) is 0.557. The zero-order chi connectivity index (χ0) is 7.40. The summed E-state index contributed by atoms with van der Waals surface area (Å²) < 4.78 is 0.958. The van der Waals surface area contributed by atoms with Crippen LogP contribution in [0.4, 0.5) is 0 Å². The van der Waals surface area contributed by atoms with E-state index in [1.54, 1.807) is 6.20 Å². The molecule has 1 aromatic rings. The van der Waals surface area contributed by atoms with E-state index in [2.05, 4.69) is 33.6 Å². The second kappa shape index (κ2) is 3.52. The van der Waals surface area contributed by atoms with Crippen molar-refractivity contribution >= 4 is 22.6 Å². The summed E-state index contributed by atoms with van der Waals surface area (Å²) in [5, 5.41) is 8.31. The summed E-state index contributed by atoms with van der Waals surface area (Å²) in [7, 11) is 0. The summed E-state index contributed by atoms with van der Waals surface area (Å²) in [6, 6.07) is 5.87. The molecule has 2 nitrogen and oxygen atoms in total. The summed E-state index contributed by atoms with van der Waals surface area (Å²) in [5.41, 5.74) is 0.975. The molecule has 0 bridgehead atoms. The van der Waals surface area contributed by atoms with Crippen molar-refractivity contribution in [3.8, 4) is 6.07 Å². The molecule has 10 heavy (non-hydrogen) atoms. The predicted octanol–water partition coefficient (Wildman–Crippen LogP) is 1.75. The van der Waals surface area contributed by atoms with Gasteiger partial charge >= 0.3 is 0 Å². The molecular formula is C7H5IN2. The first-order valence-electron chi connectivity index (χ1n) is 2.80. The number of rotatable bonds is 1. The number of nitrogens with zero attached hydrogens (tertiary/aromatic N) is 2. The maximum atomic E-state index is 8.31. The fraction of sp³-hybridized carbons (Fsp3) is 0.143. The van der Waals surface area contributed by atoms with E-state index >= 15 is 0 Å². The van der Waals surface area contributed by atoms with E-state index in [1.807, 2.05) is 12.1 Å². The average Bonchev–Trinajstić information content (AvgIpc) is 1.95. The lowest BCUT2D eigenvalue weighted by atomic mass is 10.2. The van der Waals surface area contributed by atoms with Gasteiger partial charge in [0.1, 0.15) is 3.70 Å². The minimum atomic E-state index is 0.448. The van der Waals surface area contributed by atoms with Gasteiger partial charge in [0.05, 0.1) is 12.5 Å². The van der Waals surface area contributed by atoms with Crippen molar-refractivity contribution in [3.05, 3.63) is 27.6 Å². The van der Waals surface area contributed by atoms with Gasteiger partial charge in [0, 0.05) is 6.20 Å². The predicted molar refractivity (Wildman–Crippen MR) is 46.3 cm³/mol. The van der Waals surface area contributed by atoms with Gasteiger partial charge in [-0.1, -0.05) is 6.07 Å². The Morgan fingerprint density at radius 3 is 2.90 bits per heavy atom. The Balaban J connectivity index is 2.81. The fourth-order valence-corrected chi connectivity index (χ4v) is 0.921. The third-order valence-electron chi connectivity index (χ3n) is 1.07. The van der Waals surface area contributed by atoms with Crippen molar-refractivity contribution in [2.24, 2.45) is 0 Å². The van der Waals surface area contributed by atoms with Crippen LogP contribution < -0.4 is 0 Å². The minimum Gasteiger partial charge on any atom is -0.250 e. The summed E-state index contributed by atoms with van der Waals surface area (Å²) in [5.74, 6) is 0. The van der Waals surface area contributed by atoms with Crippen LogP contribution in [0.25, 0.3) is 0 Å². The van der Waals surface area contributed by atoms with E-state index in [1.165, 1.54) is 0 Å². The number of halogens is 1. The molecule has 50 valence electrons. The summed E-state index contributed by atoms with van der Waals surface area (Å²) in [6.07, 6.45) is 2.18. The van der Waals surface area contributed by atoms with E-state index in [9.17, 15) is 0 Å². The van der Waals surface area contributed by atoms with E-state index in [4.69, 9.17) is 5.26 Å². The topological polar surface area (TPSA) is 36.7 Å². The SMILES string of the molecule is N#CCc1ccc(I)nc1. The molecule has 3 heteroatoms. The van der Waals surface area contributed by atoms with Crippen LogP contribution in [0.1, 0.15) is 5.56 Å². The van der Waals surface area contributed by atoms with Crippen molar-refractivity contribution in [1.29, 1.82) is 5.26 Å². The third-order valence-corrected chi connectivity index (χ3v) is 1.71. The first-order chi connectivity index (χ1) is 4.83. The highest BCUT2D eigenvalue weighted by atomic mass is 127. The lowest BCUT2D eigenvalue weighted by Gasteiger charge is -1.91. The summed E-state index contributed by atoms with van der Waals surface area (Å²) in [4.78, 5) is 4.03. The van der Waals surface area contributed by atoms with Crippen molar-refractivity contribution in [3.63, 3.8) is 0 Å². The van der Waals surface area contributed by atoms with Gasteiger partial charge in [-0.3, -0.25) is 4.98 Å². The molecule has 0 aliphatic rings. The van der Waals surface area contributed by atoms with Gasteiger partial charge in [-0.15, -0.1) is 0 Å². The molecule has 0 radical (unpaired) electrons. The smallest absolute Gasteiger partial charge is 0.101 e. The van der Waals surface area contributed by atoms with Crippen LogP contribution in [0.15, 0.2) is 18.3 Å². The molecule has 1 aromatic heterocycles. The van der Waals surface area contributed by atoms with Crippen LogP contribution in [0.3, 0.4) is 0 Å². The number of hydrogen-bond acceptors (Lipinski definition) is 2. The van der Waals surface area contributed by atoms with Gasteiger partial charge in [-0.25, -0.2) is 0 Å². The molecule has 0 aliphatic heterocycles. The molecule has 0 saturated carbocycles. The zero-order valence-electron chi connectivity index (χ0n) is 5.21. The van der Waals surface area contributed by atoms with Crippen molar-refractivity contribution < 1.29 is 0 Å². The second-order valence-electron chi connectivity index (χ2n) is 1.82. The average molecular weight is 244 g/mol. The van der Waals surface area contributed by atoms with E-state index in [0.29, 0.717) is 6.42 Å². The first kappa shape index (κ1) is 7.48. The molecule has 0 N–H and O–H groups in total. The minimum absolute atomic E-state index is 0.448. The lowest BCUT2D eigenvalue weighted by Crippen LogP contribution is -1.84. The Hall–Kier alpha value is -0.630. The summed E-state index contributed by atoms with van der Waals surface area (Å²) >= 11 is 2.13. The highest BCUT2D eigenvalue weighted by Crippen LogP contribution is 2.02. The van der Waals surface area contributed by atoms with Gasteiger partial charge < -0.3 is 0 Å². The second-order valence-corrected chi connectivity index (χ2v) is 2.93. The molecule has 0 saturated heterocycles. The maximum absolute atomic E-state index is 8.31. The standard InChI is InChI=1S/C7H5IN2/c8-7-2-1-6(3-4-9)5-10-7/h1-2,5H,3H2. The maximum Gasteiger partial charge on any atom is 0.101 e. The van der Waals surface area contributed by atoms with Gasteiger partial charge in [0.25, 0.3) is 0 Å². The number of hydrogen-bond donors (Lipinski definition) is 0. The molecule has 1 heterocycles. The van der Waals surface area contributed by atoms with Crippen LogP contribution >= 0.6 is 22.6 Å². The molecule has 1 rings (SSSR count). The van der Waals surface area contributed by atoms with Crippen molar-refractivity contribution in [1.82, 2.24) is 4.98 Å². The van der Waals surface area contributed by atoms with E-state index < -0.39 is 0 Å². The van der Waals surface area contributed by atoms with Crippen LogP contribution in [0.2, 0.25) is 0 Å². The van der Waals surface area contributed by atoms with E-state index in [-0.39, 0.29) is 0 Å². The Labute approximate surface area is 73.0 Å². The zero-order valence-corrected chi connectivity index (χ0v) is 7.37. The molecule has 0 atom stereocenters. The molecular weight excluding hydrogens is 239 g/mol. The number of nitriles is 1. The van der Waals surface area contributed by atoms with Gasteiger partial charge in [0.2, 0.25) is 0 Å². The molecule has 0 unspecified atom stereocenters. The number of aromatic nitrogens is 1. The van der Waals surface area contributed by atoms with Crippen LogP contribution in [-0.4, -0.2) is 4.98 Å². The molecule has 0 aliphatic carbocycles. The number of pyridine rings is 1. The first-order valence-corrected chi connectivity index (χ1v) is 3.88. The molecule has 0 fully saturated rings. The fourth-order valence-electron chi connectivity index (χ4n) is 0.602. The Bertz CT molecular complexity index is 247. The summed E-state index contributed by atoms with van der Waals surface area (Å²) in [6.45, 7) is 0. The van der Waals surface area contributed by atoms with Gasteiger partial charge in [0.15, 0.2) is 0 Å². The van der Waals surface area contributed by atoms with E-state index in [0.717, 1.165) is 9.26 Å². The third kappa shape index (κ3) is 1.95. The lowest BCUT2D eigenvalue weighted by molar-refractivity contribution is 1.17. The van der Waals surface area contributed by atoms with Crippen LogP contribution in [0.5, 0.6) is 0 Å². The van der Waals surface area contributed by atoms with Gasteiger partial charge in [-0.2, -0.15) is 5.26 Å². The van der Waals surface area contributed by atoms with Crippen molar-refractivity contribution in [2.75, 3.05) is 0 Å². The Kier molecular flexibility index (Phi) is 2.63. The van der Waals surface area contributed by atoms with Crippen LogP contribution in [0, 0.1) is 15.0 Å². The monoisotopic (exact) mass is 244 g/mol. The van der Waals surface area contributed by atoms with Crippen molar-refractivity contribution in [2.45, 2.75) is 6.42 Å². The highest BCUT2D eigenvalue weighted by molar-refractivity contribution is 14.1.